The Morgan fingerprint density at radius 1 is 1.25 bits per heavy atom. The molecule has 1 unspecified atom stereocenters. The molecule has 2 heterocycles. The van der Waals surface area contributed by atoms with Crippen molar-refractivity contribution < 1.29 is 27.1 Å². The first-order chi connectivity index (χ1) is 15.2. The molecule has 2 aliphatic rings. The molecule has 32 heavy (non-hydrogen) atoms. The Hall–Kier alpha value is -2.54. The summed E-state index contributed by atoms with van der Waals surface area (Å²) in [5.74, 6) is -1.72. The quantitative estimate of drug-likeness (QED) is 0.283. The first-order valence-electron chi connectivity index (χ1n) is 10.7. The fourth-order valence-corrected chi connectivity index (χ4v) is 4.65. The third-order valence-electron chi connectivity index (χ3n) is 5.27. The fraction of sp³-hybridized carbons (Fsp3) is 0.684. The predicted molar refractivity (Wildman–Crippen MR) is 112 cm³/mol. The van der Waals surface area contributed by atoms with Gasteiger partial charge in [0.25, 0.3) is 11.4 Å². The summed E-state index contributed by atoms with van der Waals surface area (Å²) in [6.07, 6.45) is 3.70. The maximum absolute atomic E-state index is 14.0. The molecule has 1 atom stereocenters. The number of carbonyl (C=O) groups is 2. The number of amides is 3. The Labute approximate surface area is 185 Å². The highest BCUT2D eigenvalue weighted by Crippen LogP contribution is 2.29. The van der Waals surface area contributed by atoms with E-state index in [0.29, 0.717) is 31.7 Å². The maximum atomic E-state index is 14.0. The van der Waals surface area contributed by atoms with E-state index in [4.69, 9.17) is 4.74 Å². The molecule has 2 fully saturated rings. The zero-order valence-electron chi connectivity index (χ0n) is 17.9. The smallest absolute Gasteiger partial charge is 0.324 e. The molecule has 1 aromatic rings. The van der Waals surface area contributed by atoms with Crippen molar-refractivity contribution in [1.82, 2.24) is 24.9 Å². The van der Waals surface area contributed by atoms with Crippen LogP contribution < -0.4 is 20.3 Å². The first-order valence-corrected chi connectivity index (χ1v) is 12.3. The number of H-pyrrole nitrogens is 1. The van der Waals surface area contributed by atoms with Crippen LogP contribution >= 0.6 is 0 Å². The van der Waals surface area contributed by atoms with Gasteiger partial charge in [0.05, 0.1) is 18.4 Å². The second-order valence-electron chi connectivity index (χ2n) is 8.06. The van der Waals surface area contributed by atoms with Gasteiger partial charge in [0.1, 0.15) is 12.4 Å². The molecule has 1 aromatic heterocycles. The normalized spacial score (nSPS) is 17.5. The van der Waals surface area contributed by atoms with Gasteiger partial charge in [0, 0.05) is 6.54 Å². The second-order valence-corrected chi connectivity index (χ2v) is 9.93. The van der Waals surface area contributed by atoms with Gasteiger partial charge in [0.2, 0.25) is 21.7 Å². The zero-order valence-corrected chi connectivity index (χ0v) is 18.7. The molecule has 0 radical (unpaired) electrons. The lowest BCUT2D eigenvalue weighted by Gasteiger charge is -2.17. The van der Waals surface area contributed by atoms with E-state index in [0.717, 1.165) is 12.8 Å². The highest BCUT2D eigenvalue weighted by molar-refractivity contribution is 7.89. The maximum Gasteiger partial charge on any atom is 0.324 e. The Morgan fingerprint density at radius 2 is 2.00 bits per heavy atom. The number of nitrogens with zero attached hydrogens (tertiary/aromatic N) is 2. The van der Waals surface area contributed by atoms with Crippen molar-refractivity contribution in [2.45, 2.75) is 51.5 Å². The van der Waals surface area contributed by atoms with Gasteiger partial charge in [-0.25, -0.2) is 17.9 Å². The van der Waals surface area contributed by atoms with Crippen molar-refractivity contribution in [3.8, 4) is 5.88 Å². The Balaban J connectivity index is 1.51. The molecule has 0 aromatic carbocycles. The summed E-state index contributed by atoms with van der Waals surface area (Å²) in [5, 5.41) is 2.18. The minimum Gasteiger partial charge on any atom is -0.475 e. The van der Waals surface area contributed by atoms with Crippen LogP contribution in [0.1, 0.15) is 57.3 Å². The van der Waals surface area contributed by atoms with Crippen LogP contribution in [0.25, 0.3) is 0 Å². The van der Waals surface area contributed by atoms with Crippen LogP contribution in [0.15, 0.2) is 4.79 Å². The predicted octanol–water partition coefficient (Wildman–Crippen LogP) is 0.790. The number of urea groups is 1. The van der Waals surface area contributed by atoms with Gasteiger partial charge < -0.3 is 14.6 Å². The van der Waals surface area contributed by atoms with Crippen LogP contribution in [0, 0.1) is 11.7 Å². The van der Waals surface area contributed by atoms with E-state index in [1.54, 1.807) is 6.92 Å². The number of unbranched alkanes of at least 4 members (excludes halogenated alkanes) is 2. The number of imide groups is 1. The van der Waals surface area contributed by atoms with Crippen LogP contribution in [0.3, 0.4) is 0 Å². The van der Waals surface area contributed by atoms with Crippen LogP contribution in [-0.2, 0) is 14.8 Å². The number of nitrogens with one attached hydrogen (secondary N) is 3. The van der Waals surface area contributed by atoms with E-state index in [1.807, 2.05) is 0 Å². The molecule has 0 bridgehead atoms. The van der Waals surface area contributed by atoms with Gasteiger partial charge in [-0.2, -0.15) is 9.37 Å². The number of aromatic nitrogens is 2. The van der Waals surface area contributed by atoms with E-state index >= 15 is 0 Å². The van der Waals surface area contributed by atoms with Crippen molar-refractivity contribution >= 4 is 22.0 Å². The van der Waals surface area contributed by atoms with Crippen LogP contribution in [0.5, 0.6) is 5.88 Å². The molecule has 1 aliphatic carbocycles. The van der Waals surface area contributed by atoms with E-state index in [9.17, 15) is 27.2 Å². The molecule has 3 rings (SSSR count). The summed E-state index contributed by atoms with van der Waals surface area (Å²) in [4.78, 5) is 42.2. The molecule has 0 spiro atoms. The highest BCUT2D eigenvalue weighted by Gasteiger charge is 2.27. The van der Waals surface area contributed by atoms with E-state index in [1.165, 1.54) is 4.90 Å². The molecule has 11 nitrogen and oxygen atoms in total. The van der Waals surface area contributed by atoms with Crippen molar-refractivity contribution in [1.29, 1.82) is 0 Å². The molecule has 1 aliphatic heterocycles. The Bertz CT molecular complexity index is 1010. The number of carbonyl (C=O) groups excluding carboxylic acids is 2. The summed E-state index contributed by atoms with van der Waals surface area (Å²) in [7, 11) is -3.71. The van der Waals surface area contributed by atoms with Gasteiger partial charge in [-0.1, -0.05) is 13.3 Å². The third kappa shape index (κ3) is 6.73. The molecule has 178 valence electrons. The molecular weight excluding hydrogens is 445 g/mol. The second kappa shape index (κ2) is 10.4. The van der Waals surface area contributed by atoms with Gasteiger partial charge >= 0.3 is 6.03 Å². The van der Waals surface area contributed by atoms with E-state index in [-0.39, 0.29) is 37.1 Å². The van der Waals surface area contributed by atoms with Crippen molar-refractivity contribution in [2.75, 3.05) is 25.4 Å². The van der Waals surface area contributed by atoms with Crippen molar-refractivity contribution in [3.05, 3.63) is 22.0 Å². The summed E-state index contributed by atoms with van der Waals surface area (Å²) in [6, 6.07) is -1.27. The lowest BCUT2D eigenvalue weighted by atomic mass is 10.2. The Morgan fingerprint density at radius 3 is 2.62 bits per heavy atom. The lowest BCUT2D eigenvalue weighted by Crippen LogP contribution is -2.33. The minimum absolute atomic E-state index is 0.00187. The summed E-state index contributed by atoms with van der Waals surface area (Å²) >= 11 is 0. The number of aromatic amines is 1. The van der Waals surface area contributed by atoms with E-state index < -0.39 is 39.4 Å². The molecule has 1 saturated heterocycles. The first kappa shape index (κ1) is 24.1. The van der Waals surface area contributed by atoms with Crippen molar-refractivity contribution in [2.24, 2.45) is 5.92 Å². The molecule has 3 amide bonds. The number of sulfonamides is 1. The average Bonchev–Trinajstić information content (AvgIpc) is 3.50. The number of rotatable bonds is 13. The topological polar surface area (TPSA) is 151 Å². The monoisotopic (exact) mass is 473 g/mol. The summed E-state index contributed by atoms with van der Waals surface area (Å²) in [6.45, 7) is 2.37. The number of ether oxygens (including phenoxy) is 1. The number of hydrogen-bond acceptors (Lipinski definition) is 7. The SMILES string of the molecule is CCC(NS(=O)(=O)CCCCCN1CC(=O)NC1=O)c1nc(OCC2CC2)c(F)c(=O)[nH]1. The van der Waals surface area contributed by atoms with Gasteiger partial charge in [-0.15, -0.1) is 0 Å². The van der Waals surface area contributed by atoms with Crippen molar-refractivity contribution in [3.63, 3.8) is 0 Å². The van der Waals surface area contributed by atoms with Gasteiger partial charge in [0.15, 0.2) is 0 Å². The summed E-state index contributed by atoms with van der Waals surface area (Å²) < 4.78 is 46.8. The minimum atomic E-state index is -3.71. The van der Waals surface area contributed by atoms with E-state index in [2.05, 4.69) is 20.0 Å². The zero-order chi connectivity index (χ0) is 23.3. The lowest BCUT2D eigenvalue weighted by molar-refractivity contribution is -0.118. The van der Waals surface area contributed by atoms with Crippen LogP contribution in [0.4, 0.5) is 9.18 Å². The highest BCUT2D eigenvalue weighted by atomic mass is 32.2. The molecule has 1 saturated carbocycles. The third-order valence-corrected chi connectivity index (χ3v) is 6.74. The summed E-state index contributed by atoms with van der Waals surface area (Å²) in [5.41, 5.74) is -1.01. The van der Waals surface area contributed by atoms with Crippen LogP contribution in [-0.4, -0.2) is 60.7 Å². The van der Waals surface area contributed by atoms with Crippen LogP contribution in [0.2, 0.25) is 0 Å². The molecular formula is C19H28FN5O6S. The fourth-order valence-electron chi connectivity index (χ4n) is 3.24. The Kier molecular flexibility index (Phi) is 7.82. The standard InChI is InChI=1S/C19H28FN5O6S/c1-2-13(16-22-17(27)15(20)18(23-16)31-11-12-6-7-12)24-32(29,30)9-5-3-4-8-25-10-14(26)21-19(25)28/h12-13,24H,2-11H2,1H3,(H,21,26,28)(H,22,23,27). The largest absolute Gasteiger partial charge is 0.475 e. The molecule has 13 heteroatoms. The van der Waals surface area contributed by atoms with Gasteiger partial charge in [-0.3, -0.25) is 14.9 Å². The van der Waals surface area contributed by atoms with Gasteiger partial charge in [-0.05, 0) is 38.0 Å². The number of halogens is 1. The number of hydrogen-bond donors (Lipinski definition) is 3. The molecule has 3 N–H and O–H groups in total. The average molecular weight is 474 g/mol.